The molecule has 0 bridgehead atoms. The van der Waals surface area contributed by atoms with E-state index in [2.05, 4.69) is 4.90 Å². The van der Waals surface area contributed by atoms with Crippen molar-refractivity contribution in [3.05, 3.63) is 11.1 Å². The van der Waals surface area contributed by atoms with E-state index in [1.54, 1.807) is 6.92 Å². The van der Waals surface area contributed by atoms with Gasteiger partial charge in [-0.3, -0.25) is 14.5 Å². The van der Waals surface area contributed by atoms with E-state index in [4.69, 9.17) is 14.2 Å². The zero-order valence-corrected chi connectivity index (χ0v) is 12.2. The van der Waals surface area contributed by atoms with Crippen LogP contribution in [0.5, 0.6) is 0 Å². The molecule has 1 fully saturated rings. The van der Waals surface area contributed by atoms with Gasteiger partial charge in [0.15, 0.2) is 23.8 Å². The molecule has 112 valence electrons. The summed E-state index contributed by atoms with van der Waals surface area (Å²) in [6.45, 7) is 5.00. The third kappa shape index (κ3) is 2.83. The number of ether oxygens (including phenoxy) is 3. The summed E-state index contributed by atoms with van der Waals surface area (Å²) >= 11 is 0. The normalized spacial score (nSPS) is 29.1. The van der Waals surface area contributed by atoms with Gasteiger partial charge < -0.3 is 14.2 Å². The minimum absolute atomic E-state index is 0.150. The van der Waals surface area contributed by atoms with Crippen LogP contribution in [0.2, 0.25) is 0 Å². The average molecular weight is 283 g/mol. The van der Waals surface area contributed by atoms with Gasteiger partial charge in [0.2, 0.25) is 0 Å². The van der Waals surface area contributed by atoms with E-state index in [9.17, 15) is 9.59 Å². The molecule has 2 unspecified atom stereocenters. The molecule has 1 heterocycles. The smallest absolute Gasteiger partial charge is 0.192 e. The molecule has 0 saturated carbocycles. The Bertz CT molecular complexity index is 425. The topological polar surface area (TPSA) is 65.1 Å². The molecule has 1 aliphatic carbocycles. The van der Waals surface area contributed by atoms with Crippen molar-refractivity contribution in [2.45, 2.75) is 19.1 Å². The lowest BCUT2D eigenvalue weighted by Crippen LogP contribution is -2.50. The lowest BCUT2D eigenvalue weighted by atomic mass is 9.85. The van der Waals surface area contributed by atoms with Gasteiger partial charge in [0, 0.05) is 45.0 Å². The summed E-state index contributed by atoms with van der Waals surface area (Å²) in [5.41, 5.74) is 1.03. The monoisotopic (exact) mass is 283 g/mol. The fourth-order valence-corrected chi connectivity index (χ4v) is 2.63. The number of rotatable bonds is 4. The number of nitrogens with zero attached hydrogens (tertiary/aromatic N) is 1. The Kier molecular flexibility index (Phi) is 5.04. The van der Waals surface area contributed by atoms with Crippen LogP contribution in [0.15, 0.2) is 11.1 Å². The maximum absolute atomic E-state index is 12.5. The van der Waals surface area contributed by atoms with Crippen LogP contribution in [0, 0.1) is 0 Å². The zero-order valence-electron chi connectivity index (χ0n) is 12.2. The average Bonchev–Trinajstić information content (AvgIpc) is 2.48. The lowest BCUT2D eigenvalue weighted by Gasteiger charge is -2.33. The Morgan fingerprint density at radius 2 is 1.65 bits per heavy atom. The van der Waals surface area contributed by atoms with Gasteiger partial charge >= 0.3 is 0 Å². The summed E-state index contributed by atoms with van der Waals surface area (Å²) in [6, 6.07) is 0. The van der Waals surface area contributed by atoms with Gasteiger partial charge in [-0.25, -0.2) is 0 Å². The van der Waals surface area contributed by atoms with Crippen LogP contribution in [0.25, 0.3) is 0 Å². The zero-order chi connectivity index (χ0) is 14.7. The number of carbonyl (C=O) groups is 2. The van der Waals surface area contributed by atoms with Crippen LogP contribution < -0.4 is 0 Å². The fourth-order valence-electron chi connectivity index (χ4n) is 2.63. The maximum Gasteiger partial charge on any atom is 0.192 e. The number of Topliss-reactive ketones (excluding diaryl/α,β-unsaturated/α-hetero) is 2. The molecule has 6 heteroatoms. The predicted molar refractivity (Wildman–Crippen MR) is 71.6 cm³/mol. The van der Waals surface area contributed by atoms with Crippen LogP contribution in [-0.4, -0.2) is 75.7 Å². The lowest BCUT2D eigenvalue weighted by molar-refractivity contribution is -0.147. The molecule has 0 aromatic heterocycles. The van der Waals surface area contributed by atoms with E-state index in [0.29, 0.717) is 30.9 Å². The molecule has 0 spiro atoms. The molecule has 0 aromatic carbocycles. The van der Waals surface area contributed by atoms with E-state index >= 15 is 0 Å². The van der Waals surface area contributed by atoms with Gasteiger partial charge in [0.05, 0.1) is 13.2 Å². The Balaban J connectivity index is 2.22. The number of hydrogen-bond acceptors (Lipinski definition) is 6. The van der Waals surface area contributed by atoms with E-state index in [-0.39, 0.29) is 11.6 Å². The molecular weight excluding hydrogens is 262 g/mol. The van der Waals surface area contributed by atoms with E-state index in [0.717, 1.165) is 13.1 Å². The summed E-state index contributed by atoms with van der Waals surface area (Å²) in [4.78, 5) is 26.9. The van der Waals surface area contributed by atoms with Crippen LogP contribution in [0.3, 0.4) is 0 Å². The predicted octanol–water partition coefficient (Wildman–Crippen LogP) is -0.183. The number of methoxy groups -OCH3 is 2. The van der Waals surface area contributed by atoms with Crippen LogP contribution in [-0.2, 0) is 23.8 Å². The van der Waals surface area contributed by atoms with E-state index < -0.39 is 12.2 Å². The number of carbonyl (C=O) groups excluding carboxylic acids is 2. The molecule has 2 atom stereocenters. The minimum Gasteiger partial charge on any atom is -0.379 e. The third-order valence-electron chi connectivity index (χ3n) is 3.90. The van der Waals surface area contributed by atoms with Crippen molar-refractivity contribution in [3.63, 3.8) is 0 Å². The molecular formula is C14H21NO5. The Morgan fingerprint density at radius 3 is 2.20 bits per heavy atom. The third-order valence-corrected chi connectivity index (χ3v) is 3.90. The summed E-state index contributed by atoms with van der Waals surface area (Å²) in [5.74, 6) is -0.315. The molecule has 6 nitrogen and oxygen atoms in total. The molecule has 20 heavy (non-hydrogen) atoms. The first-order valence-corrected chi connectivity index (χ1v) is 6.74. The van der Waals surface area contributed by atoms with Crippen LogP contribution in [0.4, 0.5) is 0 Å². The van der Waals surface area contributed by atoms with E-state index in [1.165, 1.54) is 14.2 Å². The summed E-state index contributed by atoms with van der Waals surface area (Å²) in [6.07, 6.45) is -1.67. The van der Waals surface area contributed by atoms with Gasteiger partial charge in [-0.05, 0) is 6.92 Å². The molecule has 1 aliphatic heterocycles. The molecule has 0 amide bonds. The van der Waals surface area contributed by atoms with Gasteiger partial charge in [-0.1, -0.05) is 0 Å². The van der Waals surface area contributed by atoms with Gasteiger partial charge in [0.25, 0.3) is 0 Å². The Morgan fingerprint density at radius 1 is 1.10 bits per heavy atom. The van der Waals surface area contributed by atoms with Crippen LogP contribution in [0.1, 0.15) is 6.92 Å². The van der Waals surface area contributed by atoms with Crippen molar-refractivity contribution in [2.75, 3.05) is 47.1 Å². The minimum atomic E-state index is -0.841. The van der Waals surface area contributed by atoms with Crippen molar-refractivity contribution in [1.82, 2.24) is 4.90 Å². The van der Waals surface area contributed by atoms with Crippen molar-refractivity contribution in [3.8, 4) is 0 Å². The second-order valence-corrected chi connectivity index (χ2v) is 5.03. The SMILES string of the molecule is COC1C(=O)C(C)=C(CN2CCOCC2)C(=O)C1OC. The largest absolute Gasteiger partial charge is 0.379 e. The summed E-state index contributed by atoms with van der Waals surface area (Å²) < 4.78 is 15.6. The summed E-state index contributed by atoms with van der Waals surface area (Å²) in [7, 11) is 2.84. The molecule has 0 aromatic rings. The molecule has 1 saturated heterocycles. The van der Waals surface area contributed by atoms with Gasteiger partial charge in [-0.15, -0.1) is 0 Å². The highest BCUT2D eigenvalue weighted by atomic mass is 16.5. The summed E-state index contributed by atoms with van der Waals surface area (Å²) in [5, 5.41) is 0. The first-order valence-electron chi connectivity index (χ1n) is 6.74. The second-order valence-electron chi connectivity index (χ2n) is 5.03. The highest BCUT2D eigenvalue weighted by molar-refractivity contribution is 6.16. The standard InChI is InChI=1S/C14H21NO5/c1-9-10(8-15-4-6-20-7-5-15)12(17)14(19-3)13(18-2)11(9)16/h13-14H,4-8H2,1-3H3. The Labute approximate surface area is 118 Å². The number of hydrogen-bond donors (Lipinski definition) is 0. The number of ketones is 2. The quantitative estimate of drug-likeness (QED) is 0.713. The number of morpholine rings is 1. The highest BCUT2D eigenvalue weighted by Crippen LogP contribution is 2.24. The van der Waals surface area contributed by atoms with Crippen molar-refractivity contribution >= 4 is 11.6 Å². The van der Waals surface area contributed by atoms with Crippen LogP contribution >= 0.6 is 0 Å². The van der Waals surface area contributed by atoms with Gasteiger partial charge in [0.1, 0.15) is 0 Å². The van der Waals surface area contributed by atoms with Crippen molar-refractivity contribution in [1.29, 1.82) is 0 Å². The molecule has 2 rings (SSSR count). The van der Waals surface area contributed by atoms with Crippen molar-refractivity contribution < 1.29 is 23.8 Å². The molecule has 0 N–H and O–H groups in total. The van der Waals surface area contributed by atoms with Crippen molar-refractivity contribution in [2.24, 2.45) is 0 Å². The molecule has 0 radical (unpaired) electrons. The van der Waals surface area contributed by atoms with Gasteiger partial charge in [-0.2, -0.15) is 0 Å². The first kappa shape index (κ1) is 15.3. The van der Waals surface area contributed by atoms with E-state index in [1.807, 2.05) is 0 Å². The first-order chi connectivity index (χ1) is 9.60. The second kappa shape index (κ2) is 6.58. The highest BCUT2D eigenvalue weighted by Gasteiger charge is 2.42. The molecule has 2 aliphatic rings. The Hall–Kier alpha value is -1.08. The maximum atomic E-state index is 12.5. The fraction of sp³-hybridized carbons (Fsp3) is 0.714.